The van der Waals surface area contributed by atoms with E-state index in [-0.39, 0.29) is 0 Å². The monoisotopic (exact) mass is 264 g/mol. The lowest BCUT2D eigenvalue weighted by Gasteiger charge is -2.15. The van der Waals surface area contributed by atoms with Gasteiger partial charge in [0.1, 0.15) is 0 Å². The second-order valence-electron chi connectivity index (χ2n) is 5.83. The van der Waals surface area contributed by atoms with Gasteiger partial charge < -0.3 is 10.2 Å². The van der Waals surface area contributed by atoms with Gasteiger partial charge in [-0.25, -0.2) is 0 Å². The largest absolute Gasteiger partial charge is 0.313 e. The van der Waals surface area contributed by atoms with E-state index in [0.717, 1.165) is 19.1 Å². The number of hydrogen-bond donors (Lipinski definition) is 1. The average molecular weight is 264 g/mol. The van der Waals surface area contributed by atoms with Gasteiger partial charge >= 0.3 is 0 Å². The molecule has 1 aromatic rings. The predicted octanol–water partition coefficient (Wildman–Crippen LogP) is 2.81. The highest BCUT2D eigenvalue weighted by atomic mass is 32.1. The normalized spacial score (nSPS) is 19.2. The van der Waals surface area contributed by atoms with Crippen molar-refractivity contribution in [2.45, 2.75) is 51.1 Å². The first-order valence-corrected chi connectivity index (χ1v) is 8.15. The molecule has 18 heavy (non-hydrogen) atoms. The summed E-state index contributed by atoms with van der Waals surface area (Å²) in [7, 11) is 2.24. The van der Waals surface area contributed by atoms with Crippen molar-refractivity contribution in [2.75, 3.05) is 20.1 Å². The first-order valence-electron chi connectivity index (χ1n) is 7.33. The standard InChI is InChI=1S/C15H24N2S/c1-17(9-8-16-13-6-7-13)11-14-10-12-4-2-3-5-15(12)18-14/h10,13,16H,2-9,11H2,1H3. The Morgan fingerprint density at radius 3 is 2.94 bits per heavy atom. The van der Waals surface area contributed by atoms with Crippen molar-refractivity contribution in [3.63, 3.8) is 0 Å². The van der Waals surface area contributed by atoms with Crippen LogP contribution < -0.4 is 5.32 Å². The molecule has 0 spiro atoms. The van der Waals surface area contributed by atoms with Gasteiger partial charge in [0.05, 0.1) is 0 Å². The molecular weight excluding hydrogens is 240 g/mol. The van der Waals surface area contributed by atoms with Crippen molar-refractivity contribution in [2.24, 2.45) is 0 Å². The van der Waals surface area contributed by atoms with Crippen molar-refractivity contribution < 1.29 is 0 Å². The third-order valence-electron chi connectivity index (χ3n) is 3.98. The van der Waals surface area contributed by atoms with Crippen molar-refractivity contribution in [1.29, 1.82) is 0 Å². The smallest absolute Gasteiger partial charge is 0.0325 e. The maximum atomic E-state index is 3.58. The van der Waals surface area contributed by atoms with Crippen LogP contribution in [0.4, 0.5) is 0 Å². The van der Waals surface area contributed by atoms with E-state index in [1.54, 1.807) is 15.3 Å². The van der Waals surface area contributed by atoms with E-state index in [1.165, 1.54) is 45.1 Å². The fraction of sp³-hybridized carbons (Fsp3) is 0.733. The summed E-state index contributed by atoms with van der Waals surface area (Å²) in [5.41, 5.74) is 1.64. The fourth-order valence-corrected chi connectivity index (χ4v) is 4.06. The minimum Gasteiger partial charge on any atom is -0.313 e. The summed E-state index contributed by atoms with van der Waals surface area (Å²) in [4.78, 5) is 5.68. The Bertz CT molecular complexity index is 372. The molecule has 1 saturated carbocycles. The Kier molecular flexibility index (Phi) is 4.02. The number of nitrogens with zero attached hydrogens (tertiary/aromatic N) is 1. The number of hydrogen-bond acceptors (Lipinski definition) is 3. The molecule has 2 aliphatic carbocycles. The van der Waals surface area contributed by atoms with Gasteiger partial charge in [-0.05, 0) is 57.2 Å². The van der Waals surface area contributed by atoms with Gasteiger partial charge in [-0.1, -0.05) is 0 Å². The molecular formula is C15H24N2S. The molecule has 1 aromatic heterocycles. The number of likely N-dealkylation sites (N-methyl/N-ethyl adjacent to an activating group) is 1. The summed E-state index contributed by atoms with van der Waals surface area (Å²) in [6, 6.07) is 3.30. The Hall–Kier alpha value is -0.380. The van der Waals surface area contributed by atoms with Crippen LogP contribution in [-0.2, 0) is 19.4 Å². The van der Waals surface area contributed by atoms with Crippen LogP contribution >= 0.6 is 11.3 Å². The van der Waals surface area contributed by atoms with E-state index in [1.807, 2.05) is 0 Å². The summed E-state index contributed by atoms with van der Waals surface area (Å²) in [6.07, 6.45) is 8.22. The Balaban J connectivity index is 1.46. The minimum absolute atomic E-state index is 0.840. The molecule has 0 saturated heterocycles. The molecule has 0 unspecified atom stereocenters. The van der Waals surface area contributed by atoms with Crippen LogP contribution in [0, 0.1) is 0 Å². The Morgan fingerprint density at radius 2 is 2.17 bits per heavy atom. The number of fused-ring (bicyclic) bond motifs is 1. The molecule has 0 bridgehead atoms. The van der Waals surface area contributed by atoms with E-state index >= 15 is 0 Å². The van der Waals surface area contributed by atoms with Gasteiger partial charge in [0.15, 0.2) is 0 Å². The number of nitrogens with one attached hydrogen (secondary N) is 1. The van der Waals surface area contributed by atoms with Crippen LogP contribution in [0.15, 0.2) is 6.07 Å². The van der Waals surface area contributed by atoms with Gasteiger partial charge in [-0.2, -0.15) is 0 Å². The summed E-state index contributed by atoms with van der Waals surface area (Å²) in [5, 5.41) is 3.58. The number of thiophene rings is 1. The second-order valence-corrected chi connectivity index (χ2v) is 7.06. The fourth-order valence-electron chi connectivity index (χ4n) is 2.72. The topological polar surface area (TPSA) is 15.3 Å². The van der Waals surface area contributed by atoms with Crippen LogP contribution in [0.3, 0.4) is 0 Å². The summed E-state index contributed by atoms with van der Waals surface area (Å²) in [5.74, 6) is 0. The van der Waals surface area contributed by atoms with Gasteiger partial charge in [0, 0.05) is 35.4 Å². The van der Waals surface area contributed by atoms with Crippen LogP contribution in [0.1, 0.15) is 41.0 Å². The molecule has 2 aliphatic rings. The van der Waals surface area contributed by atoms with Crippen molar-refractivity contribution in [1.82, 2.24) is 10.2 Å². The molecule has 1 heterocycles. The highest BCUT2D eigenvalue weighted by molar-refractivity contribution is 7.12. The van der Waals surface area contributed by atoms with Crippen LogP contribution in [0.25, 0.3) is 0 Å². The Morgan fingerprint density at radius 1 is 1.33 bits per heavy atom. The molecule has 0 radical (unpaired) electrons. The molecule has 3 rings (SSSR count). The highest BCUT2D eigenvalue weighted by Gasteiger charge is 2.20. The SMILES string of the molecule is CN(CCNC1CC1)Cc1cc2c(s1)CCCC2. The van der Waals surface area contributed by atoms with E-state index in [0.29, 0.717) is 0 Å². The van der Waals surface area contributed by atoms with Crippen molar-refractivity contribution in [3.05, 3.63) is 21.4 Å². The van der Waals surface area contributed by atoms with E-state index in [2.05, 4.69) is 34.7 Å². The summed E-state index contributed by atoms with van der Waals surface area (Å²) in [6.45, 7) is 3.44. The third-order valence-corrected chi connectivity index (χ3v) is 5.20. The van der Waals surface area contributed by atoms with Crippen LogP contribution in [0.2, 0.25) is 0 Å². The zero-order valence-electron chi connectivity index (χ0n) is 11.4. The molecule has 1 N–H and O–H groups in total. The van der Waals surface area contributed by atoms with Crippen LogP contribution in [-0.4, -0.2) is 31.1 Å². The lowest BCUT2D eigenvalue weighted by molar-refractivity contribution is 0.326. The maximum absolute atomic E-state index is 3.58. The predicted molar refractivity (Wildman–Crippen MR) is 78.3 cm³/mol. The molecule has 1 fully saturated rings. The average Bonchev–Trinajstić information content (AvgIpc) is 3.08. The molecule has 0 atom stereocenters. The zero-order chi connectivity index (χ0) is 12.4. The van der Waals surface area contributed by atoms with E-state index in [4.69, 9.17) is 0 Å². The van der Waals surface area contributed by atoms with Crippen molar-refractivity contribution >= 4 is 11.3 Å². The second kappa shape index (κ2) is 5.72. The molecule has 0 aliphatic heterocycles. The molecule has 100 valence electrons. The van der Waals surface area contributed by atoms with Crippen molar-refractivity contribution in [3.8, 4) is 0 Å². The summed E-state index contributed by atoms with van der Waals surface area (Å²) < 4.78 is 0. The van der Waals surface area contributed by atoms with Gasteiger partial charge in [-0.3, -0.25) is 0 Å². The lowest BCUT2D eigenvalue weighted by atomic mass is 9.99. The Labute approximate surface area is 114 Å². The number of rotatable bonds is 6. The first kappa shape index (κ1) is 12.6. The van der Waals surface area contributed by atoms with E-state index < -0.39 is 0 Å². The van der Waals surface area contributed by atoms with Gasteiger partial charge in [0.25, 0.3) is 0 Å². The van der Waals surface area contributed by atoms with E-state index in [9.17, 15) is 0 Å². The molecule has 0 amide bonds. The highest BCUT2D eigenvalue weighted by Crippen LogP contribution is 2.30. The molecule has 3 heteroatoms. The molecule has 2 nitrogen and oxygen atoms in total. The zero-order valence-corrected chi connectivity index (χ0v) is 12.2. The van der Waals surface area contributed by atoms with Gasteiger partial charge in [0.2, 0.25) is 0 Å². The van der Waals surface area contributed by atoms with Crippen LogP contribution in [0.5, 0.6) is 0 Å². The summed E-state index contributed by atoms with van der Waals surface area (Å²) >= 11 is 2.05. The maximum Gasteiger partial charge on any atom is 0.0325 e. The quantitative estimate of drug-likeness (QED) is 0.850. The lowest BCUT2D eigenvalue weighted by Crippen LogP contribution is -2.29. The minimum atomic E-state index is 0.840. The van der Waals surface area contributed by atoms with Gasteiger partial charge in [-0.15, -0.1) is 11.3 Å². The first-order chi connectivity index (χ1) is 8.81. The number of aryl methyl sites for hydroxylation is 2. The molecule has 0 aromatic carbocycles. The third kappa shape index (κ3) is 3.34.